The van der Waals surface area contributed by atoms with E-state index < -0.39 is 0 Å². The maximum absolute atomic E-state index is 3.52. The van der Waals surface area contributed by atoms with E-state index in [-0.39, 0.29) is 0 Å². The lowest BCUT2D eigenvalue weighted by Crippen LogP contribution is -2.19. The topological polar surface area (TPSA) is 12.0 Å². The third-order valence-electron chi connectivity index (χ3n) is 3.68. The van der Waals surface area contributed by atoms with Gasteiger partial charge in [-0.05, 0) is 44.1 Å². The summed E-state index contributed by atoms with van der Waals surface area (Å²) in [6, 6.07) is 0. The molecule has 0 radical (unpaired) electrons. The smallest absolute Gasteiger partial charge is 0.0164 e. The summed E-state index contributed by atoms with van der Waals surface area (Å²) in [6.07, 6.45) is 10.7. The van der Waals surface area contributed by atoms with Crippen LogP contribution in [0.25, 0.3) is 0 Å². The van der Waals surface area contributed by atoms with Crippen LogP contribution in [0.15, 0.2) is 11.6 Å². The highest BCUT2D eigenvalue weighted by Gasteiger charge is 2.17. The van der Waals surface area contributed by atoms with E-state index in [2.05, 4.69) is 32.2 Å². The van der Waals surface area contributed by atoms with Crippen LogP contribution in [0.5, 0.6) is 0 Å². The van der Waals surface area contributed by atoms with E-state index in [1.165, 1.54) is 38.5 Å². The lowest BCUT2D eigenvalue weighted by atomic mass is 9.81. The molecule has 0 bridgehead atoms. The summed E-state index contributed by atoms with van der Waals surface area (Å²) in [5.74, 6) is 1.80. The molecule has 1 aliphatic carbocycles. The van der Waals surface area contributed by atoms with Crippen molar-refractivity contribution in [3.63, 3.8) is 0 Å². The molecule has 0 heterocycles. The lowest BCUT2D eigenvalue weighted by Gasteiger charge is -2.25. The number of rotatable bonds is 6. The zero-order valence-corrected chi connectivity index (χ0v) is 11.4. The molecule has 1 rings (SSSR count). The Morgan fingerprint density at radius 1 is 1.31 bits per heavy atom. The molecular formula is C15H29N. The van der Waals surface area contributed by atoms with E-state index >= 15 is 0 Å². The van der Waals surface area contributed by atoms with Crippen LogP contribution in [0.3, 0.4) is 0 Å². The molecule has 0 aliphatic heterocycles. The number of nitrogens with one attached hydrogen (secondary N) is 1. The molecule has 1 nitrogen and oxygen atoms in total. The molecule has 0 spiro atoms. The van der Waals surface area contributed by atoms with Gasteiger partial charge in [-0.1, -0.05) is 45.3 Å². The molecule has 1 fully saturated rings. The second-order valence-corrected chi connectivity index (χ2v) is 5.39. The van der Waals surface area contributed by atoms with Gasteiger partial charge >= 0.3 is 0 Å². The van der Waals surface area contributed by atoms with Crippen LogP contribution in [0.2, 0.25) is 0 Å². The first-order valence-electron chi connectivity index (χ1n) is 7.16. The predicted octanol–water partition coefficient (Wildman–Crippen LogP) is 4.15. The Labute approximate surface area is 102 Å². The lowest BCUT2D eigenvalue weighted by molar-refractivity contribution is 0.324. The van der Waals surface area contributed by atoms with E-state index in [1.807, 2.05) is 0 Å². The monoisotopic (exact) mass is 223 g/mol. The van der Waals surface area contributed by atoms with Crippen molar-refractivity contribution < 1.29 is 0 Å². The quantitative estimate of drug-likeness (QED) is 0.527. The van der Waals surface area contributed by atoms with Crippen molar-refractivity contribution in [2.24, 2.45) is 11.8 Å². The van der Waals surface area contributed by atoms with Crippen molar-refractivity contribution in [2.45, 2.75) is 59.3 Å². The molecule has 1 aliphatic rings. The Hall–Kier alpha value is -0.300. The van der Waals surface area contributed by atoms with Gasteiger partial charge in [0, 0.05) is 6.54 Å². The molecular weight excluding hydrogens is 194 g/mol. The molecule has 1 N–H and O–H groups in total. The van der Waals surface area contributed by atoms with Gasteiger partial charge in [-0.15, -0.1) is 0 Å². The largest absolute Gasteiger partial charge is 0.313 e. The first kappa shape index (κ1) is 13.8. The number of hydrogen-bond donors (Lipinski definition) is 1. The average Bonchev–Trinajstić information content (AvgIpc) is 2.28. The van der Waals surface area contributed by atoms with Crippen LogP contribution < -0.4 is 5.32 Å². The van der Waals surface area contributed by atoms with Crippen LogP contribution in [-0.2, 0) is 0 Å². The van der Waals surface area contributed by atoms with E-state index in [9.17, 15) is 0 Å². The highest BCUT2D eigenvalue weighted by atomic mass is 14.8. The normalized spacial score (nSPS) is 27.1. The maximum Gasteiger partial charge on any atom is 0.0164 e. The minimum atomic E-state index is 0.863. The van der Waals surface area contributed by atoms with Crippen molar-refractivity contribution in [3.05, 3.63) is 11.6 Å². The molecule has 94 valence electrons. The molecule has 1 saturated carbocycles. The van der Waals surface area contributed by atoms with E-state index in [0.29, 0.717) is 0 Å². The van der Waals surface area contributed by atoms with Gasteiger partial charge in [0.2, 0.25) is 0 Å². The second kappa shape index (κ2) is 7.89. The predicted molar refractivity (Wildman–Crippen MR) is 72.7 cm³/mol. The second-order valence-electron chi connectivity index (χ2n) is 5.39. The molecule has 2 atom stereocenters. The summed E-state index contributed by atoms with van der Waals surface area (Å²) in [6.45, 7) is 9.17. The van der Waals surface area contributed by atoms with Crippen molar-refractivity contribution in [1.29, 1.82) is 0 Å². The summed E-state index contributed by atoms with van der Waals surface area (Å²) in [5, 5.41) is 3.52. The van der Waals surface area contributed by atoms with Gasteiger partial charge in [0.15, 0.2) is 0 Å². The minimum Gasteiger partial charge on any atom is -0.313 e. The highest BCUT2D eigenvalue weighted by Crippen LogP contribution is 2.30. The first-order chi connectivity index (χ1) is 7.76. The zero-order chi connectivity index (χ0) is 11.8. The van der Waals surface area contributed by atoms with E-state index in [0.717, 1.165) is 24.9 Å². The van der Waals surface area contributed by atoms with E-state index in [1.54, 1.807) is 5.57 Å². The third-order valence-corrected chi connectivity index (χ3v) is 3.68. The molecule has 1 heteroatoms. The molecule has 16 heavy (non-hydrogen) atoms. The maximum atomic E-state index is 3.52. The molecule has 2 unspecified atom stereocenters. The fourth-order valence-electron chi connectivity index (χ4n) is 2.69. The molecule has 0 aromatic heterocycles. The Morgan fingerprint density at radius 2 is 2.12 bits per heavy atom. The first-order valence-corrected chi connectivity index (χ1v) is 7.16. The molecule has 0 saturated heterocycles. The van der Waals surface area contributed by atoms with Crippen molar-refractivity contribution in [3.8, 4) is 0 Å². The van der Waals surface area contributed by atoms with Gasteiger partial charge < -0.3 is 5.32 Å². The summed E-state index contributed by atoms with van der Waals surface area (Å²) < 4.78 is 0. The van der Waals surface area contributed by atoms with Crippen LogP contribution >= 0.6 is 0 Å². The van der Waals surface area contributed by atoms with Crippen LogP contribution in [0.1, 0.15) is 59.3 Å². The fourth-order valence-corrected chi connectivity index (χ4v) is 2.69. The van der Waals surface area contributed by atoms with Crippen LogP contribution in [0.4, 0.5) is 0 Å². The van der Waals surface area contributed by atoms with E-state index in [4.69, 9.17) is 0 Å². The van der Waals surface area contributed by atoms with Gasteiger partial charge in [0.25, 0.3) is 0 Å². The average molecular weight is 223 g/mol. The van der Waals surface area contributed by atoms with Gasteiger partial charge in [-0.2, -0.15) is 0 Å². The van der Waals surface area contributed by atoms with Crippen molar-refractivity contribution >= 4 is 0 Å². The fraction of sp³-hybridized carbons (Fsp3) is 0.867. The summed E-state index contributed by atoms with van der Waals surface area (Å²) in [4.78, 5) is 0. The summed E-state index contributed by atoms with van der Waals surface area (Å²) >= 11 is 0. The zero-order valence-electron chi connectivity index (χ0n) is 11.4. The molecule has 0 aromatic rings. The summed E-state index contributed by atoms with van der Waals surface area (Å²) in [5.41, 5.74) is 1.62. The molecule has 0 aromatic carbocycles. The van der Waals surface area contributed by atoms with Crippen LogP contribution in [0, 0.1) is 11.8 Å². The highest BCUT2D eigenvalue weighted by molar-refractivity contribution is 5.06. The molecule has 0 amide bonds. The Balaban J connectivity index is 2.37. The summed E-state index contributed by atoms with van der Waals surface area (Å²) in [7, 11) is 0. The van der Waals surface area contributed by atoms with Crippen LogP contribution in [-0.4, -0.2) is 13.1 Å². The van der Waals surface area contributed by atoms with Gasteiger partial charge in [0.1, 0.15) is 0 Å². The van der Waals surface area contributed by atoms with Gasteiger partial charge in [-0.25, -0.2) is 0 Å². The SMILES string of the molecule is CCCNC/C(=C\C1CCCC(C)C1)CC. The standard InChI is InChI=1S/C15H29N/c1-4-9-16-12-14(5-2)11-15-8-6-7-13(3)10-15/h11,13,15-16H,4-10,12H2,1-3H3/b14-11-. The Morgan fingerprint density at radius 3 is 2.75 bits per heavy atom. The number of hydrogen-bond acceptors (Lipinski definition) is 1. The van der Waals surface area contributed by atoms with Gasteiger partial charge in [0.05, 0.1) is 0 Å². The van der Waals surface area contributed by atoms with Crippen molar-refractivity contribution in [2.75, 3.05) is 13.1 Å². The Kier molecular flexibility index (Phi) is 6.79. The van der Waals surface area contributed by atoms with Gasteiger partial charge in [-0.3, -0.25) is 0 Å². The number of allylic oxidation sites excluding steroid dienone is 1. The van der Waals surface area contributed by atoms with Crippen molar-refractivity contribution in [1.82, 2.24) is 5.32 Å². The minimum absolute atomic E-state index is 0.863. The third kappa shape index (κ3) is 5.16. The Bertz CT molecular complexity index is 207.